The van der Waals surface area contributed by atoms with Gasteiger partial charge in [-0.25, -0.2) is 0 Å². The third-order valence-electron chi connectivity index (χ3n) is 0.810. The third kappa shape index (κ3) is 7.07. The van der Waals surface area contributed by atoms with Gasteiger partial charge >= 0.3 is 0 Å². The molecule has 4 heteroatoms. The van der Waals surface area contributed by atoms with Crippen LogP contribution in [0.4, 0.5) is 0 Å². The second-order valence-corrected chi connectivity index (χ2v) is 7.77. The van der Waals surface area contributed by atoms with Gasteiger partial charge in [0.05, 0.1) is 18.2 Å². The van der Waals surface area contributed by atoms with E-state index >= 15 is 0 Å². The van der Waals surface area contributed by atoms with Crippen molar-refractivity contribution in [1.82, 2.24) is 0 Å². The van der Waals surface area contributed by atoms with Crippen molar-refractivity contribution < 1.29 is 4.53 Å². The first kappa shape index (κ1) is 10.2. The Hall–Kier alpha value is -0.823. The van der Waals surface area contributed by atoms with Crippen LogP contribution >= 0.6 is 0 Å². The third-order valence-corrected chi connectivity index (χ3v) is 1.45. The predicted molar refractivity (Wildman–Crippen MR) is 47.8 cm³/mol. The Kier molecular flexibility index (Phi) is 3.83. The van der Waals surface area contributed by atoms with Crippen LogP contribution in [-0.2, 0) is 4.53 Å². The molecule has 0 aliphatic heterocycles. The van der Waals surface area contributed by atoms with Crippen LogP contribution in [0.5, 0.6) is 0 Å². The molecule has 0 aromatic heterocycles. The molecule has 0 saturated heterocycles. The molecule has 0 aliphatic carbocycles. The van der Waals surface area contributed by atoms with Crippen LogP contribution in [-0.4, -0.2) is 14.0 Å². The average Bonchev–Trinajstić information content (AvgIpc) is 1.83. The number of hydrogen-bond donors (Lipinski definition) is 0. The Morgan fingerprint density at radius 2 is 2.09 bits per heavy atom. The molecule has 0 aromatic carbocycles. The van der Waals surface area contributed by atoms with Gasteiger partial charge in [-0.15, -0.1) is 5.16 Å². The molecular weight excluding hydrogens is 156 g/mol. The van der Waals surface area contributed by atoms with Gasteiger partial charge in [0.1, 0.15) is 0 Å². The maximum absolute atomic E-state index is 8.29. The first-order valence-corrected chi connectivity index (χ1v) is 6.95. The van der Waals surface area contributed by atoms with Crippen molar-refractivity contribution in [2.75, 3.05) is 0 Å². The minimum atomic E-state index is -1.55. The summed E-state index contributed by atoms with van der Waals surface area (Å²) in [4.78, 5) is 0. The van der Waals surface area contributed by atoms with Crippen molar-refractivity contribution in [2.24, 2.45) is 5.16 Å². The lowest BCUT2D eigenvalue weighted by Gasteiger charge is -2.12. The van der Waals surface area contributed by atoms with Crippen LogP contribution in [0, 0.1) is 11.3 Å². The van der Waals surface area contributed by atoms with E-state index in [2.05, 4.69) is 24.8 Å². The van der Waals surface area contributed by atoms with Crippen LogP contribution < -0.4 is 0 Å². The number of nitrogens with zero attached hydrogens (tertiary/aromatic N) is 2. The van der Waals surface area contributed by atoms with Crippen LogP contribution in [0.3, 0.4) is 0 Å². The Balaban J connectivity index is 3.85. The molecule has 0 saturated carbocycles. The van der Waals surface area contributed by atoms with E-state index in [0.717, 1.165) is 5.71 Å². The first-order chi connectivity index (χ1) is 4.95. The second kappa shape index (κ2) is 4.14. The number of nitriles is 1. The number of oxime groups is 1. The van der Waals surface area contributed by atoms with Crippen molar-refractivity contribution in [3.05, 3.63) is 0 Å². The van der Waals surface area contributed by atoms with Crippen LogP contribution in [0.25, 0.3) is 0 Å². The summed E-state index contributed by atoms with van der Waals surface area (Å²) in [6.07, 6.45) is 0.352. The zero-order valence-electron chi connectivity index (χ0n) is 7.51. The lowest BCUT2D eigenvalue weighted by Crippen LogP contribution is -2.22. The molecule has 3 nitrogen and oxygen atoms in total. The quantitative estimate of drug-likeness (QED) is 0.370. The molecule has 62 valence electrons. The van der Waals surface area contributed by atoms with Gasteiger partial charge in [0.15, 0.2) is 0 Å². The molecule has 0 aliphatic rings. The molecule has 0 atom stereocenters. The molecule has 0 heterocycles. The van der Waals surface area contributed by atoms with Gasteiger partial charge in [0.2, 0.25) is 0 Å². The summed E-state index contributed by atoms with van der Waals surface area (Å²) in [6.45, 7) is 7.95. The van der Waals surface area contributed by atoms with Gasteiger partial charge in [-0.1, -0.05) is 0 Å². The van der Waals surface area contributed by atoms with Gasteiger partial charge in [-0.3, -0.25) is 0 Å². The fraction of sp³-hybridized carbons (Fsp3) is 0.714. The summed E-state index contributed by atoms with van der Waals surface area (Å²) >= 11 is 0. The van der Waals surface area contributed by atoms with Gasteiger partial charge < -0.3 is 4.53 Å². The Morgan fingerprint density at radius 1 is 1.55 bits per heavy atom. The maximum Gasteiger partial charge on any atom is 0.278 e. The molecule has 0 fully saturated rings. The molecule has 0 rings (SSSR count). The maximum atomic E-state index is 8.29. The summed E-state index contributed by atoms with van der Waals surface area (Å²) in [5.74, 6) is 0. The van der Waals surface area contributed by atoms with E-state index in [1.165, 1.54) is 0 Å². The van der Waals surface area contributed by atoms with Crippen molar-refractivity contribution in [3.63, 3.8) is 0 Å². The highest BCUT2D eigenvalue weighted by molar-refractivity contribution is 6.69. The molecule has 0 radical (unpaired) electrons. The van der Waals surface area contributed by atoms with Gasteiger partial charge in [-0.2, -0.15) is 5.26 Å². The fourth-order valence-corrected chi connectivity index (χ4v) is 0.791. The van der Waals surface area contributed by atoms with E-state index in [1.54, 1.807) is 6.92 Å². The minimum Gasteiger partial charge on any atom is -0.456 e. The lowest BCUT2D eigenvalue weighted by atomic mass is 10.3. The summed E-state index contributed by atoms with van der Waals surface area (Å²) in [7, 11) is -1.55. The average molecular weight is 170 g/mol. The molecule has 0 bridgehead atoms. The predicted octanol–water partition coefficient (Wildman–Crippen LogP) is 2.13. The fourth-order valence-electron chi connectivity index (χ4n) is 0.362. The normalized spacial score (nSPS) is 12.5. The zero-order chi connectivity index (χ0) is 8.91. The molecule has 0 unspecified atom stereocenters. The summed E-state index contributed by atoms with van der Waals surface area (Å²) in [6, 6.07) is 2.01. The monoisotopic (exact) mass is 170 g/mol. The van der Waals surface area contributed by atoms with E-state index in [9.17, 15) is 0 Å². The Labute approximate surface area is 68.8 Å². The van der Waals surface area contributed by atoms with E-state index in [-0.39, 0.29) is 0 Å². The van der Waals surface area contributed by atoms with Gasteiger partial charge in [0, 0.05) is 0 Å². The highest BCUT2D eigenvalue weighted by atomic mass is 28.4. The molecule has 0 aromatic rings. The van der Waals surface area contributed by atoms with Crippen molar-refractivity contribution in [2.45, 2.75) is 33.0 Å². The number of hydrogen-bond acceptors (Lipinski definition) is 3. The summed E-state index contributed by atoms with van der Waals surface area (Å²) in [5.41, 5.74) is 0.745. The Morgan fingerprint density at radius 3 is 2.45 bits per heavy atom. The van der Waals surface area contributed by atoms with Gasteiger partial charge in [0.25, 0.3) is 8.32 Å². The topological polar surface area (TPSA) is 45.4 Å². The highest BCUT2D eigenvalue weighted by Gasteiger charge is 2.15. The molecule has 0 spiro atoms. The van der Waals surface area contributed by atoms with Gasteiger partial charge in [-0.05, 0) is 26.6 Å². The van der Waals surface area contributed by atoms with E-state index in [1.807, 2.05) is 6.07 Å². The van der Waals surface area contributed by atoms with E-state index < -0.39 is 8.32 Å². The standard InChI is InChI=1S/C7H14N2OSi/c1-7(5-6-8)9-10-11(2,3)4/h5H2,1-4H3. The smallest absolute Gasteiger partial charge is 0.278 e. The minimum absolute atomic E-state index is 0.352. The first-order valence-electron chi connectivity index (χ1n) is 3.54. The molecular formula is C7H14N2OSi. The largest absolute Gasteiger partial charge is 0.456 e. The van der Waals surface area contributed by atoms with Crippen molar-refractivity contribution in [3.8, 4) is 6.07 Å². The summed E-state index contributed by atoms with van der Waals surface area (Å²) < 4.78 is 5.22. The van der Waals surface area contributed by atoms with Crippen LogP contribution in [0.2, 0.25) is 19.6 Å². The SMILES string of the molecule is CC(CC#N)=NO[Si](C)(C)C. The van der Waals surface area contributed by atoms with E-state index in [4.69, 9.17) is 9.79 Å². The zero-order valence-corrected chi connectivity index (χ0v) is 8.51. The lowest BCUT2D eigenvalue weighted by molar-refractivity contribution is 0.334. The number of rotatable bonds is 3. The Bertz CT molecular complexity index is 188. The second-order valence-electron chi connectivity index (χ2n) is 3.37. The van der Waals surface area contributed by atoms with Crippen LogP contribution in [0.15, 0.2) is 5.16 Å². The molecule has 0 N–H and O–H groups in total. The highest BCUT2D eigenvalue weighted by Crippen LogP contribution is 2.03. The summed E-state index contributed by atoms with van der Waals surface area (Å²) in [5, 5.41) is 12.1. The molecule has 11 heavy (non-hydrogen) atoms. The van der Waals surface area contributed by atoms with Crippen molar-refractivity contribution in [1.29, 1.82) is 5.26 Å². The van der Waals surface area contributed by atoms with E-state index in [0.29, 0.717) is 6.42 Å². The van der Waals surface area contributed by atoms with Crippen LogP contribution in [0.1, 0.15) is 13.3 Å². The van der Waals surface area contributed by atoms with Crippen molar-refractivity contribution >= 4 is 14.0 Å². The molecule has 0 amide bonds.